The van der Waals surface area contributed by atoms with Gasteiger partial charge in [0.15, 0.2) is 0 Å². The van der Waals surface area contributed by atoms with Crippen molar-refractivity contribution in [2.24, 2.45) is 0 Å². The monoisotopic (exact) mass is 647 g/mol. The van der Waals surface area contributed by atoms with Gasteiger partial charge in [-0.25, -0.2) is 8.42 Å². The lowest BCUT2D eigenvalue weighted by Crippen LogP contribution is -2.54. The van der Waals surface area contributed by atoms with Gasteiger partial charge >= 0.3 is 0 Å². The molecule has 45 heavy (non-hydrogen) atoms. The second-order valence-electron chi connectivity index (χ2n) is 11.0. The summed E-state index contributed by atoms with van der Waals surface area (Å²) in [4.78, 5) is 29.8. The minimum atomic E-state index is -4.22. The van der Waals surface area contributed by atoms with Gasteiger partial charge in [0.2, 0.25) is 11.8 Å². The molecule has 4 rings (SSSR count). The molecule has 1 N–H and O–H groups in total. The summed E-state index contributed by atoms with van der Waals surface area (Å²) in [5.41, 5.74) is 2.45. The zero-order valence-corrected chi connectivity index (χ0v) is 27.4. The number of carbonyl (C=O) groups is 2. The van der Waals surface area contributed by atoms with Crippen LogP contribution in [-0.2, 0) is 32.6 Å². The molecule has 0 spiro atoms. The molecule has 2 amide bonds. The number of aryl methyl sites for hydroxylation is 1. The van der Waals surface area contributed by atoms with Crippen LogP contribution in [-0.4, -0.2) is 50.9 Å². The smallest absolute Gasteiger partial charge is 0.264 e. The largest absolute Gasteiger partial charge is 0.497 e. The first-order valence-electron chi connectivity index (χ1n) is 14.6. The van der Waals surface area contributed by atoms with E-state index in [1.807, 2.05) is 50.2 Å². The van der Waals surface area contributed by atoms with E-state index in [0.29, 0.717) is 16.3 Å². The molecule has 4 aromatic carbocycles. The second-order valence-corrected chi connectivity index (χ2v) is 13.3. The van der Waals surface area contributed by atoms with Crippen LogP contribution in [0.15, 0.2) is 108 Å². The van der Waals surface area contributed by atoms with Crippen LogP contribution in [0.2, 0.25) is 5.02 Å². The lowest BCUT2D eigenvalue weighted by atomic mass is 10.0. The molecule has 0 heterocycles. The zero-order valence-electron chi connectivity index (χ0n) is 25.8. The Morgan fingerprint density at radius 1 is 0.867 bits per heavy atom. The van der Waals surface area contributed by atoms with E-state index in [2.05, 4.69) is 5.32 Å². The Kier molecular flexibility index (Phi) is 11.3. The highest BCUT2D eigenvalue weighted by Crippen LogP contribution is 2.30. The average Bonchev–Trinajstić information content (AvgIpc) is 3.03. The third kappa shape index (κ3) is 8.65. The van der Waals surface area contributed by atoms with E-state index in [9.17, 15) is 18.0 Å². The van der Waals surface area contributed by atoms with Crippen LogP contribution in [0.25, 0.3) is 0 Å². The highest BCUT2D eigenvalue weighted by Gasteiger charge is 2.35. The number of halogens is 1. The highest BCUT2D eigenvalue weighted by atomic mass is 35.5. The van der Waals surface area contributed by atoms with Crippen molar-refractivity contribution < 1.29 is 22.7 Å². The van der Waals surface area contributed by atoms with Gasteiger partial charge in [-0.3, -0.25) is 13.9 Å². The number of ether oxygens (including phenoxy) is 1. The molecule has 10 heteroatoms. The Balaban J connectivity index is 1.84. The Bertz CT molecular complexity index is 1720. The first-order valence-corrected chi connectivity index (χ1v) is 16.4. The molecule has 1 atom stereocenters. The summed E-state index contributed by atoms with van der Waals surface area (Å²) in [6.45, 7) is 4.92. The SMILES string of the molecule is COc1cccc(CN(C(=O)CN(c2cc(Cl)ccc2C)S(=O)(=O)c2ccccc2)C(Cc2ccccc2)C(=O)NC(C)C)c1. The summed E-state index contributed by atoms with van der Waals surface area (Å²) in [6.07, 6.45) is 0.219. The maximum absolute atomic E-state index is 14.6. The van der Waals surface area contributed by atoms with Crippen molar-refractivity contribution in [1.29, 1.82) is 0 Å². The van der Waals surface area contributed by atoms with E-state index in [1.165, 1.54) is 23.1 Å². The summed E-state index contributed by atoms with van der Waals surface area (Å²) in [7, 11) is -2.67. The van der Waals surface area contributed by atoms with Gasteiger partial charge in [0, 0.05) is 24.0 Å². The van der Waals surface area contributed by atoms with Gasteiger partial charge in [-0.1, -0.05) is 78.3 Å². The maximum Gasteiger partial charge on any atom is 0.264 e. The van der Waals surface area contributed by atoms with Gasteiger partial charge in [0.25, 0.3) is 10.0 Å². The standard InChI is InChI=1S/C35H38ClN3O5S/c1-25(2)37-35(41)33(21-27-12-7-5-8-13-27)38(23-28-14-11-15-30(20-28)44-4)34(40)24-39(32-22-29(36)19-18-26(32)3)45(42,43)31-16-9-6-10-17-31/h5-20,22,25,33H,21,23-24H2,1-4H3,(H,37,41). The van der Waals surface area contributed by atoms with Gasteiger partial charge < -0.3 is 15.0 Å². The van der Waals surface area contributed by atoms with Crippen LogP contribution in [0, 0.1) is 6.92 Å². The van der Waals surface area contributed by atoms with Gasteiger partial charge in [-0.15, -0.1) is 0 Å². The summed E-state index contributed by atoms with van der Waals surface area (Å²) in [5, 5.41) is 3.28. The molecule has 8 nitrogen and oxygen atoms in total. The third-order valence-corrected chi connectivity index (χ3v) is 9.25. The number of hydrogen-bond acceptors (Lipinski definition) is 5. The number of sulfonamides is 1. The van der Waals surface area contributed by atoms with Crippen LogP contribution in [0.1, 0.15) is 30.5 Å². The van der Waals surface area contributed by atoms with Crippen molar-refractivity contribution in [1.82, 2.24) is 10.2 Å². The van der Waals surface area contributed by atoms with E-state index >= 15 is 0 Å². The molecule has 0 aromatic heterocycles. The lowest BCUT2D eigenvalue weighted by Gasteiger charge is -2.34. The number of nitrogens with zero attached hydrogens (tertiary/aromatic N) is 2. The lowest BCUT2D eigenvalue weighted by molar-refractivity contribution is -0.140. The fourth-order valence-corrected chi connectivity index (χ4v) is 6.64. The molecule has 0 aliphatic heterocycles. The maximum atomic E-state index is 14.6. The first kappa shape index (κ1) is 33.6. The van der Waals surface area contributed by atoms with E-state index in [0.717, 1.165) is 15.4 Å². The van der Waals surface area contributed by atoms with E-state index in [1.54, 1.807) is 62.6 Å². The van der Waals surface area contributed by atoms with Crippen molar-refractivity contribution in [3.05, 3.63) is 125 Å². The van der Waals surface area contributed by atoms with E-state index in [-0.39, 0.29) is 35.5 Å². The van der Waals surface area contributed by atoms with E-state index < -0.39 is 28.5 Å². The molecular weight excluding hydrogens is 610 g/mol. The number of amides is 2. The van der Waals surface area contributed by atoms with Crippen LogP contribution < -0.4 is 14.4 Å². The van der Waals surface area contributed by atoms with Gasteiger partial charge in [0.1, 0.15) is 18.3 Å². The molecule has 0 saturated carbocycles. The molecule has 0 radical (unpaired) electrons. The van der Waals surface area contributed by atoms with Crippen molar-refractivity contribution in [3.63, 3.8) is 0 Å². The number of rotatable bonds is 13. The van der Waals surface area contributed by atoms with Gasteiger partial charge in [0.05, 0.1) is 17.7 Å². The molecule has 0 saturated heterocycles. The van der Waals surface area contributed by atoms with Gasteiger partial charge in [-0.05, 0) is 73.9 Å². The Morgan fingerprint density at radius 3 is 2.16 bits per heavy atom. The number of anilines is 1. The van der Waals surface area contributed by atoms with Gasteiger partial charge in [-0.2, -0.15) is 0 Å². The summed E-state index contributed by atoms with van der Waals surface area (Å²) >= 11 is 6.34. The van der Waals surface area contributed by atoms with Crippen LogP contribution >= 0.6 is 11.6 Å². The van der Waals surface area contributed by atoms with Crippen molar-refractivity contribution in [2.75, 3.05) is 18.0 Å². The Labute approximate surface area is 270 Å². The molecule has 1 unspecified atom stereocenters. The van der Waals surface area contributed by atoms with Crippen LogP contribution in [0.5, 0.6) is 5.75 Å². The normalized spacial score (nSPS) is 12.0. The Hall–Kier alpha value is -4.34. The summed E-state index contributed by atoms with van der Waals surface area (Å²) in [5.74, 6) is -0.313. The molecule has 0 aliphatic carbocycles. The predicted octanol–water partition coefficient (Wildman–Crippen LogP) is 6.02. The zero-order chi connectivity index (χ0) is 32.6. The second kappa shape index (κ2) is 15.1. The third-order valence-electron chi connectivity index (χ3n) is 7.24. The summed E-state index contributed by atoms with van der Waals surface area (Å²) in [6, 6.07) is 28.3. The number of carbonyl (C=O) groups excluding carboxylic acids is 2. The van der Waals surface area contributed by atoms with E-state index in [4.69, 9.17) is 16.3 Å². The first-order chi connectivity index (χ1) is 21.5. The highest BCUT2D eigenvalue weighted by molar-refractivity contribution is 7.92. The number of hydrogen-bond donors (Lipinski definition) is 1. The number of benzene rings is 4. The molecule has 4 aromatic rings. The molecular formula is C35H38ClN3O5S. The quantitative estimate of drug-likeness (QED) is 0.192. The number of nitrogens with one attached hydrogen (secondary N) is 1. The molecule has 236 valence electrons. The van der Waals surface area contributed by atoms with Crippen molar-refractivity contribution in [3.8, 4) is 5.75 Å². The van der Waals surface area contributed by atoms with Crippen molar-refractivity contribution in [2.45, 2.75) is 50.7 Å². The Morgan fingerprint density at radius 2 is 1.51 bits per heavy atom. The minimum Gasteiger partial charge on any atom is -0.497 e. The topological polar surface area (TPSA) is 96.0 Å². The minimum absolute atomic E-state index is 0.0231. The molecule has 0 aliphatic rings. The van der Waals surface area contributed by atoms with Crippen molar-refractivity contribution >= 4 is 39.1 Å². The predicted molar refractivity (Wildman–Crippen MR) is 178 cm³/mol. The molecule has 0 bridgehead atoms. The molecule has 0 fully saturated rings. The average molecular weight is 648 g/mol. The van der Waals surface area contributed by atoms with Crippen LogP contribution in [0.3, 0.4) is 0 Å². The fourth-order valence-electron chi connectivity index (χ4n) is 4.99. The fraction of sp³-hybridized carbons (Fsp3) is 0.257. The van der Waals surface area contributed by atoms with Crippen LogP contribution in [0.4, 0.5) is 5.69 Å². The number of methoxy groups -OCH3 is 1. The summed E-state index contributed by atoms with van der Waals surface area (Å²) < 4.78 is 34.8.